The number of rotatable bonds is 3. The predicted molar refractivity (Wildman–Crippen MR) is 171 cm³/mol. The van der Waals surface area contributed by atoms with E-state index >= 15 is 0 Å². The third-order valence-electron chi connectivity index (χ3n) is 8.66. The first-order valence-electron chi connectivity index (χ1n) is 14.2. The van der Waals surface area contributed by atoms with Crippen molar-refractivity contribution in [2.24, 2.45) is 0 Å². The fraction of sp³-hybridized carbons (Fsp3) is 0.0769. The minimum Gasteiger partial charge on any atom is -0.256 e. The Morgan fingerprint density at radius 3 is 2.12 bits per heavy atom. The quantitative estimate of drug-likeness (QED) is 0.215. The third-order valence-corrected chi connectivity index (χ3v) is 8.66. The first kappa shape index (κ1) is 23.8. The van der Waals surface area contributed by atoms with E-state index in [9.17, 15) is 0 Å². The van der Waals surface area contributed by atoms with Crippen molar-refractivity contribution in [2.45, 2.75) is 19.3 Å². The number of benzene rings is 5. The van der Waals surface area contributed by atoms with Gasteiger partial charge in [-0.05, 0) is 74.5 Å². The summed E-state index contributed by atoms with van der Waals surface area (Å²) in [6, 6.07) is 45.6. The summed E-state index contributed by atoms with van der Waals surface area (Å²) >= 11 is 0. The molecular weight excluding hydrogens is 496 g/mol. The molecule has 0 saturated carbocycles. The van der Waals surface area contributed by atoms with E-state index in [1.807, 2.05) is 18.3 Å². The molecule has 7 aromatic rings. The minimum atomic E-state index is -0.186. The molecular formula is C39H28N2. The third kappa shape index (κ3) is 3.64. The molecule has 0 spiro atoms. The lowest BCUT2D eigenvalue weighted by Crippen LogP contribution is -2.16. The average Bonchev–Trinajstić information content (AvgIpc) is 3.26. The van der Waals surface area contributed by atoms with Crippen molar-refractivity contribution >= 4 is 21.7 Å². The van der Waals surface area contributed by atoms with Crippen LogP contribution in [0.15, 0.2) is 134 Å². The van der Waals surface area contributed by atoms with Crippen LogP contribution in [0, 0.1) is 0 Å². The SMILES string of the molecule is CC1(C)c2ccccc2-c2nc3ccc4ccccc4c3c(-c3cccc(-c4cccc(-c5ccccn5)c4)c3)c21. The molecule has 0 radical (unpaired) electrons. The summed E-state index contributed by atoms with van der Waals surface area (Å²) in [5.74, 6) is 0. The smallest absolute Gasteiger partial charge is 0.0759 e. The van der Waals surface area contributed by atoms with E-state index in [1.54, 1.807) is 0 Å². The Balaban J connectivity index is 1.42. The van der Waals surface area contributed by atoms with Gasteiger partial charge in [-0.2, -0.15) is 0 Å². The Bertz CT molecular complexity index is 2120. The van der Waals surface area contributed by atoms with Gasteiger partial charge in [-0.25, -0.2) is 4.98 Å². The van der Waals surface area contributed by atoms with E-state index in [4.69, 9.17) is 4.98 Å². The molecule has 2 heterocycles. The zero-order valence-corrected chi connectivity index (χ0v) is 23.1. The van der Waals surface area contributed by atoms with Gasteiger partial charge in [-0.15, -0.1) is 0 Å². The highest BCUT2D eigenvalue weighted by Gasteiger charge is 2.39. The Morgan fingerprint density at radius 2 is 1.29 bits per heavy atom. The van der Waals surface area contributed by atoms with E-state index < -0.39 is 0 Å². The van der Waals surface area contributed by atoms with E-state index in [1.165, 1.54) is 55.1 Å². The highest BCUT2D eigenvalue weighted by Crippen LogP contribution is 2.54. The van der Waals surface area contributed by atoms with Crippen LogP contribution in [-0.2, 0) is 5.41 Å². The molecule has 0 bridgehead atoms. The molecule has 0 amide bonds. The zero-order valence-electron chi connectivity index (χ0n) is 23.1. The van der Waals surface area contributed by atoms with Gasteiger partial charge in [0.1, 0.15) is 0 Å². The van der Waals surface area contributed by atoms with Gasteiger partial charge < -0.3 is 0 Å². The summed E-state index contributed by atoms with van der Waals surface area (Å²) in [7, 11) is 0. The fourth-order valence-electron chi connectivity index (χ4n) is 6.74. The number of hydrogen-bond donors (Lipinski definition) is 0. The molecule has 0 atom stereocenters. The van der Waals surface area contributed by atoms with Crippen LogP contribution in [0.25, 0.3) is 66.4 Å². The number of hydrogen-bond acceptors (Lipinski definition) is 2. The second-order valence-corrected chi connectivity index (χ2v) is 11.4. The fourth-order valence-corrected chi connectivity index (χ4v) is 6.74. The monoisotopic (exact) mass is 524 g/mol. The summed E-state index contributed by atoms with van der Waals surface area (Å²) in [5, 5.41) is 3.70. The van der Waals surface area contributed by atoms with E-state index in [0.717, 1.165) is 22.5 Å². The summed E-state index contributed by atoms with van der Waals surface area (Å²) in [6.07, 6.45) is 1.85. The lowest BCUT2D eigenvalue weighted by molar-refractivity contribution is 0.662. The van der Waals surface area contributed by atoms with Gasteiger partial charge in [-0.1, -0.05) is 111 Å². The molecule has 1 aliphatic carbocycles. The number of fused-ring (bicyclic) bond motifs is 6. The van der Waals surface area contributed by atoms with Crippen molar-refractivity contribution < 1.29 is 0 Å². The average molecular weight is 525 g/mol. The molecule has 2 heteroatoms. The van der Waals surface area contributed by atoms with Gasteiger partial charge >= 0.3 is 0 Å². The van der Waals surface area contributed by atoms with Gasteiger partial charge in [0.15, 0.2) is 0 Å². The molecule has 0 aliphatic heterocycles. The molecule has 1 aliphatic rings. The van der Waals surface area contributed by atoms with Crippen LogP contribution in [0.3, 0.4) is 0 Å². The van der Waals surface area contributed by atoms with E-state index in [-0.39, 0.29) is 5.41 Å². The van der Waals surface area contributed by atoms with Crippen LogP contribution >= 0.6 is 0 Å². The molecule has 41 heavy (non-hydrogen) atoms. The number of nitrogens with zero attached hydrogens (tertiary/aromatic N) is 2. The maximum Gasteiger partial charge on any atom is 0.0759 e. The first-order chi connectivity index (χ1) is 20.1. The van der Waals surface area contributed by atoms with Gasteiger partial charge in [0, 0.05) is 28.1 Å². The van der Waals surface area contributed by atoms with Crippen LogP contribution in [0.4, 0.5) is 0 Å². The maximum atomic E-state index is 5.35. The molecule has 2 aromatic heterocycles. The van der Waals surface area contributed by atoms with Crippen LogP contribution in [0.5, 0.6) is 0 Å². The predicted octanol–water partition coefficient (Wildman–Crippen LogP) is 10.1. The highest BCUT2D eigenvalue weighted by atomic mass is 14.7. The Kier molecular flexibility index (Phi) is 5.20. The maximum absolute atomic E-state index is 5.35. The summed E-state index contributed by atoms with van der Waals surface area (Å²) in [6.45, 7) is 4.69. The van der Waals surface area contributed by atoms with Gasteiger partial charge in [0.2, 0.25) is 0 Å². The van der Waals surface area contributed by atoms with E-state index in [2.05, 4.69) is 134 Å². The van der Waals surface area contributed by atoms with Crippen LogP contribution in [0.2, 0.25) is 0 Å². The van der Waals surface area contributed by atoms with Crippen LogP contribution in [0.1, 0.15) is 25.0 Å². The second kappa shape index (κ2) is 8.97. The van der Waals surface area contributed by atoms with Crippen LogP contribution < -0.4 is 0 Å². The number of aromatic nitrogens is 2. The molecule has 0 unspecified atom stereocenters. The van der Waals surface area contributed by atoms with E-state index in [0.29, 0.717) is 0 Å². The Morgan fingerprint density at radius 1 is 0.585 bits per heavy atom. The lowest BCUT2D eigenvalue weighted by Gasteiger charge is -2.26. The standard InChI is InChI=1S/C39H28N2/c1-39(2)32-18-6-5-17-31(32)38-37(39)35(36-30-16-4-3-11-25(30)20-21-34(36)41-38)29-15-10-13-27(24-29)26-12-9-14-28(23-26)33-19-7-8-22-40-33/h3-24H,1-2H3. The normalized spacial score (nSPS) is 13.3. The van der Waals surface area contributed by atoms with Crippen molar-refractivity contribution in [2.75, 3.05) is 0 Å². The molecule has 194 valence electrons. The Labute approximate surface area is 240 Å². The van der Waals surface area contributed by atoms with Crippen molar-refractivity contribution in [1.82, 2.24) is 9.97 Å². The molecule has 5 aromatic carbocycles. The molecule has 0 saturated heterocycles. The lowest BCUT2D eigenvalue weighted by atomic mass is 9.77. The molecule has 8 rings (SSSR count). The van der Waals surface area contributed by atoms with Gasteiger partial charge in [-0.3, -0.25) is 4.98 Å². The van der Waals surface area contributed by atoms with Crippen molar-refractivity contribution in [3.8, 4) is 44.8 Å². The zero-order chi connectivity index (χ0) is 27.6. The van der Waals surface area contributed by atoms with Crippen molar-refractivity contribution in [3.05, 3.63) is 145 Å². The topological polar surface area (TPSA) is 25.8 Å². The van der Waals surface area contributed by atoms with Gasteiger partial charge in [0.05, 0.1) is 16.9 Å². The Hall–Kier alpha value is -5.08. The first-order valence-corrected chi connectivity index (χ1v) is 14.2. The highest BCUT2D eigenvalue weighted by molar-refractivity contribution is 6.16. The summed E-state index contributed by atoms with van der Waals surface area (Å²) < 4.78 is 0. The minimum absolute atomic E-state index is 0.186. The van der Waals surface area contributed by atoms with Gasteiger partial charge in [0.25, 0.3) is 0 Å². The van der Waals surface area contributed by atoms with Crippen molar-refractivity contribution in [3.63, 3.8) is 0 Å². The largest absolute Gasteiger partial charge is 0.256 e. The summed E-state index contributed by atoms with van der Waals surface area (Å²) in [5.41, 5.74) is 12.8. The summed E-state index contributed by atoms with van der Waals surface area (Å²) in [4.78, 5) is 9.93. The van der Waals surface area contributed by atoms with Crippen LogP contribution in [-0.4, -0.2) is 9.97 Å². The molecule has 0 fully saturated rings. The molecule has 2 nitrogen and oxygen atoms in total. The number of pyridine rings is 2. The molecule has 0 N–H and O–H groups in total. The van der Waals surface area contributed by atoms with Crippen molar-refractivity contribution in [1.29, 1.82) is 0 Å². The second-order valence-electron chi connectivity index (χ2n) is 11.4.